The van der Waals surface area contributed by atoms with Crippen molar-refractivity contribution in [1.82, 2.24) is 0 Å². The van der Waals surface area contributed by atoms with E-state index in [0.717, 1.165) is 5.56 Å². The average molecular weight is 364 g/mol. The number of aryl methyl sites for hydroxylation is 1. The van der Waals surface area contributed by atoms with E-state index in [9.17, 15) is 4.79 Å². The Balaban J connectivity index is 2.15. The summed E-state index contributed by atoms with van der Waals surface area (Å²) in [7, 11) is 3.11. The summed E-state index contributed by atoms with van der Waals surface area (Å²) in [5.74, 6) is 1.51. The highest BCUT2D eigenvalue weighted by Gasteiger charge is 2.20. The number of carbonyl (C=O) groups excluding carboxylic acids is 1. The van der Waals surface area contributed by atoms with Crippen molar-refractivity contribution in [3.63, 3.8) is 0 Å². The molecule has 0 bridgehead atoms. The Morgan fingerprint density at radius 3 is 2.44 bits per heavy atom. The molecule has 2 aromatic carbocycles. The maximum absolute atomic E-state index is 12.6. The van der Waals surface area contributed by atoms with Gasteiger partial charge in [0.1, 0.15) is 17.2 Å². The first-order valence-corrected chi connectivity index (χ1v) is 8.32. The lowest BCUT2D eigenvalue weighted by atomic mass is 10.2. The minimum Gasteiger partial charge on any atom is -0.497 e. The second-order valence-electron chi connectivity index (χ2n) is 5.48. The van der Waals surface area contributed by atoms with Gasteiger partial charge in [-0.1, -0.05) is 18.5 Å². The standard InChI is InChI=1S/C19H22ClNO4/c1-5-17(25-14-6-8-15(20)12(2)10-14)19(22)21-16-11-13(23-3)7-9-18(16)24-4/h6-11,17H,5H2,1-4H3,(H,21,22)/t17-/m1/s1. The molecule has 0 fully saturated rings. The first-order chi connectivity index (χ1) is 12.0. The SMILES string of the molecule is CC[C@@H](Oc1ccc(Cl)c(C)c1)C(=O)Nc1cc(OC)ccc1OC. The smallest absolute Gasteiger partial charge is 0.265 e. The molecule has 2 rings (SSSR count). The van der Waals surface area contributed by atoms with Gasteiger partial charge < -0.3 is 19.5 Å². The van der Waals surface area contributed by atoms with Gasteiger partial charge in [-0.2, -0.15) is 0 Å². The summed E-state index contributed by atoms with van der Waals surface area (Å²) >= 11 is 6.02. The Morgan fingerprint density at radius 2 is 1.84 bits per heavy atom. The lowest BCUT2D eigenvalue weighted by molar-refractivity contribution is -0.122. The van der Waals surface area contributed by atoms with Gasteiger partial charge in [0.2, 0.25) is 0 Å². The molecule has 0 radical (unpaired) electrons. The zero-order valence-electron chi connectivity index (χ0n) is 14.8. The lowest BCUT2D eigenvalue weighted by Crippen LogP contribution is -2.32. The molecular weight excluding hydrogens is 342 g/mol. The number of nitrogens with one attached hydrogen (secondary N) is 1. The predicted octanol–water partition coefficient (Wildman–Crippen LogP) is 4.46. The number of rotatable bonds is 7. The highest BCUT2D eigenvalue weighted by molar-refractivity contribution is 6.31. The molecule has 0 spiro atoms. The van der Waals surface area contributed by atoms with E-state index in [-0.39, 0.29) is 5.91 Å². The number of benzene rings is 2. The summed E-state index contributed by atoms with van der Waals surface area (Å²) < 4.78 is 16.3. The summed E-state index contributed by atoms with van der Waals surface area (Å²) in [4.78, 5) is 12.6. The molecule has 0 aliphatic rings. The van der Waals surface area contributed by atoms with Crippen molar-refractivity contribution < 1.29 is 19.0 Å². The van der Waals surface area contributed by atoms with Gasteiger partial charge >= 0.3 is 0 Å². The number of hydrogen-bond acceptors (Lipinski definition) is 4. The third kappa shape index (κ3) is 4.79. The largest absolute Gasteiger partial charge is 0.497 e. The number of ether oxygens (including phenoxy) is 3. The van der Waals surface area contributed by atoms with Crippen LogP contribution in [0.15, 0.2) is 36.4 Å². The summed E-state index contributed by atoms with van der Waals surface area (Å²) in [6.07, 6.45) is -0.128. The molecule has 0 unspecified atom stereocenters. The van der Waals surface area contributed by atoms with Crippen LogP contribution in [0.1, 0.15) is 18.9 Å². The number of amides is 1. The molecule has 6 heteroatoms. The molecule has 0 aromatic heterocycles. The van der Waals surface area contributed by atoms with Crippen molar-refractivity contribution in [2.45, 2.75) is 26.4 Å². The van der Waals surface area contributed by atoms with E-state index in [4.69, 9.17) is 25.8 Å². The van der Waals surface area contributed by atoms with Crippen molar-refractivity contribution in [3.05, 3.63) is 47.0 Å². The van der Waals surface area contributed by atoms with Crippen LogP contribution in [0.4, 0.5) is 5.69 Å². The number of carbonyl (C=O) groups is 1. The highest BCUT2D eigenvalue weighted by atomic mass is 35.5. The van der Waals surface area contributed by atoms with E-state index in [1.54, 1.807) is 44.6 Å². The molecular formula is C19H22ClNO4. The Morgan fingerprint density at radius 1 is 1.12 bits per heavy atom. The molecule has 5 nitrogen and oxygen atoms in total. The van der Waals surface area contributed by atoms with Crippen molar-refractivity contribution in [2.24, 2.45) is 0 Å². The van der Waals surface area contributed by atoms with E-state index >= 15 is 0 Å². The first-order valence-electron chi connectivity index (χ1n) is 7.94. The third-order valence-electron chi connectivity index (χ3n) is 3.74. The normalized spacial score (nSPS) is 11.6. The molecule has 25 heavy (non-hydrogen) atoms. The molecule has 1 N–H and O–H groups in total. The van der Waals surface area contributed by atoms with Gasteiger partial charge in [-0.3, -0.25) is 4.79 Å². The molecule has 0 aliphatic heterocycles. The molecule has 0 heterocycles. The van der Waals surface area contributed by atoms with E-state index in [2.05, 4.69) is 5.32 Å². The van der Waals surface area contributed by atoms with Gasteiger partial charge in [-0.25, -0.2) is 0 Å². The molecule has 0 saturated carbocycles. The minimum atomic E-state index is -0.642. The van der Waals surface area contributed by atoms with Crippen molar-refractivity contribution in [2.75, 3.05) is 19.5 Å². The van der Waals surface area contributed by atoms with Crippen molar-refractivity contribution in [3.8, 4) is 17.2 Å². The molecule has 0 saturated heterocycles. The zero-order valence-corrected chi connectivity index (χ0v) is 15.5. The van der Waals surface area contributed by atoms with Gasteiger partial charge in [0.05, 0.1) is 19.9 Å². The molecule has 134 valence electrons. The number of methoxy groups -OCH3 is 2. The number of halogens is 1. The highest BCUT2D eigenvalue weighted by Crippen LogP contribution is 2.29. The van der Waals surface area contributed by atoms with Crippen LogP contribution in [0.25, 0.3) is 0 Å². The number of anilines is 1. The van der Waals surface area contributed by atoms with Gasteiger partial charge in [-0.05, 0) is 49.2 Å². The second-order valence-corrected chi connectivity index (χ2v) is 5.89. The fourth-order valence-electron chi connectivity index (χ4n) is 2.30. The molecule has 1 amide bonds. The van der Waals surface area contributed by atoms with E-state index in [1.165, 1.54) is 0 Å². The average Bonchev–Trinajstić information content (AvgIpc) is 2.62. The van der Waals surface area contributed by atoms with Crippen LogP contribution in [0.3, 0.4) is 0 Å². The van der Waals surface area contributed by atoms with Crippen LogP contribution in [-0.2, 0) is 4.79 Å². The van der Waals surface area contributed by atoms with Crippen LogP contribution in [-0.4, -0.2) is 26.2 Å². The van der Waals surface area contributed by atoms with E-state index in [0.29, 0.717) is 34.4 Å². The lowest BCUT2D eigenvalue weighted by Gasteiger charge is -2.19. The number of hydrogen-bond donors (Lipinski definition) is 1. The van der Waals surface area contributed by atoms with Crippen LogP contribution in [0.2, 0.25) is 5.02 Å². The van der Waals surface area contributed by atoms with Gasteiger partial charge in [0.25, 0.3) is 5.91 Å². The van der Waals surface area contributed by atoms with Crippen molar-refractivity contribution >= 4 is 23.2 Å². The zero-order chi connectivity index (χ0) is 18.4. The molecule has 2 aromatic rings. The van der Waals surface area contributed by atoms with Crippen LogP contribution >= 0.6 is 11.6 Å². The van der Waals surface area contributed by atoms with Gasteiger partial charge in [0.15, 0.2) is 6.10 Å². The molecule has 1 atom stereocenters. The fourth-order valence-corrected chi connectivity index (χ4v) is 2.42. The summed E-state index contributed by atoms with van der Waals surface area (Å²) in [5.41, 5.74) is 1.42. The van der Waals surface area contributed by atoms with E-state index < -0.39 is 6.10 Å². The van der Waals surface area contributed by atoms with Crippen LogP contribution < -0.4 is 19.5 Å². The Hall–Kier alpha value is -2.40. The molecule has 0 aliphatic carbocycles. The predicted molar refractivity (Wildman–Crippen MR) is 99.1 cm³/mol. The maximum Gasteiger partial charge on any atom is 0.265 e. The summed E-state index contributed by atoms with van der Waals surface area (Å²) in [5, 5.41) is 3.50. The minimum absolute atomic E-state index is 0.262. The monoisotopic (exact) mass is 363 g/mol. The van der Waals surface area contributed by atoms with Gasteiger partial charge in [-0.15, -0.1) is 0 Å². The third-order valence-corrected chi connectivity index (χ3v) is 4.16. The fraction of sp³-hybridized carbons (Fsp3) is 0.316. The summed E-state index contributed by atoms with van der Waals surface area (Å²) in [6, 6.07) is 10.5. The maximum atomic E-state index is 12.6. The van der Waals surface area contributed by atoms with Crippen LogP contribution in [0, 0.1) is 6.92 Å². The quantitative estimate of drug-likeness (QED) is 0.789. The van der Waals surface area contributed by atoms with Crippen molar-refractivity contribution in [1.29, 1.82) is 0 Å². The Bertz CT molecular complexity index is 748. The van der Waals surface area contributed by atoms with E-state index in [1.807, 2.05) is 19.9 Å². The first kappa shape index (κ1) is 18.9. The van der Waals surface area contributed by atoms with Crippen LogP contribution in [0.5, 0.6) is 17.2 Å². The summed E-state index contributed by atoms with van der Waals surface area (Å²) in [6.45, 7) is 3.77. The Kier molecular flexibility index (Phi) is 6.53. The second kappa shape index (κ2) is 8.62. The topological polar surface area (TPSA) is 56.8 Å². The Labute approximate surface area is 152 Å². The van der Waals surface area contributed by atoms with Gasteiger partial charge in [0, 0.05) is 11.1 Å².